The largest absolute Gasteiger partial charge is 0.342 e. The molecule has 1 fully saturated rings. The number of aryl methyl sites for hydroxylation is 1. The number of aromatic nitrogens is 2. The van der Waals surface area contributed by atoms with Gasteiger partial charge in [-0.25, -0.2) is 0 Å². The van der Waals surface area contributed by atoms with Gasteiger partial charge < -0.3 is 9.42 Å². The summed E-state index contributed by atoms with van der Waals surface area (Å²) in [7, 11) is 0. The molecule has 1 aromatic heterocycles. The summed E-state index contributed by atoms with van der Waals surface area (Å²) in [6.07, 6.45) is 6.32. The van der Waals surface area contributed by atoms with Gasteiger partial charge in [-0.1, -0.05) is 11.2 Å². The van der Waals surface area contributed by atoms with Crippen molar-refractivity contribution in [2.75, 3.05) is 13.1 Å². The molecule has 0 aromatic carbocycles. The Kier molecular flexibility index (Phi) is 3.59. The number of amides is 1. The molecule has 0 saturated carbocycles. The van der Waals surface area contributed by atoms with Crippen LogP contribution < -0.4 is 0 Å². The van der Waals surface area contributed by atoms with Gasteiger partial charge in [0.15, 0.2) is 0 Å². The summed E-state index contributed by atoms with van der Waals surface area (Å²) in [4.78, 5) is 19.6. The molecule has 1 unspecified atom stereocenters. The van der Waals surface area contributed by atoms with Crippen molar-refractivity contribution in [1.82, 2.24) is 15.0 Å². The molecule has 1 saturated heterocycles. The fourth-order valence-electron chi connectivity index (χ4n) is 2.48. The van der Waals surface area contributed by atoms with Crippen molar-refractivity contribution in [2.45, 2.75) is 37.9 Å². The van der Waals surface area contributed by atoms with E-state index in [9.17, 15) is 4.79 Å². The quantitative estimate of drug-likeness (QED) is 0.831. The van der Waals surface area contributed by atoms with Crippen molar-refractivity contribution in [3.63, 3.8) is 0 Å². The van der Waals surface area contributed by atoms with Gasteiger partial charge in [-0.2, -0.15) is 4.98 Å². The Labute approximate surface area is 116 Å². The highest BCUT2D eigenvalue weighted by atomic mass is 32.2. The van der Waals surface area contributed by atoms with Gasteiger partial charge in [-0.15, -0.1) is 11.8 Å². The second-order valence-electron chi connectivity index (χ2n) is 4.93. The van der Waals surface area contributed by atoms with Crippen LogP contribution in [-0.4, -0.2) is 39.3 Å². The van der Waals surface area contributed by atoms with Crippen LogP contribution in [0.15, 0.2) is 10.6 Å². The number of thioether (sulfide) groups is 1. The van der Waals surface area contributed by atoms with E-state index in [1.165, 1.54) is 6.42 Å². The maximum absolute atomic E-state index is 12.4. The Morgan fingerprint density at radius 2 is 2.21 bits per heavy atom. The third kappa shape index (κ3) is 2.68. The standard InChI is InChI=1S/C13H17N3O2S/c1-9-14-12(15-18-9)10-5-6-11(19-10)13(17)16-7-3-2-4-8-16/h5,11H,2-4,6-8H2,1H3. The lowest BCUT2D eigenvalue weighted by atomic mass is 10.1. The maximum Gasteiger partial charge on any atom is 0.236 e. The number of rotatable bonds is 2. The lowest BCUT2D eigenvalue weighted by Gasteiger charge is -2.28. The minimum atomic E-state index is -0.00749. The summed E-state index contributed by atoms with van der Waals surface area (Å²) in [5.41, 5.74) is 0. The number of carbonyl (C=O) groups excluding carboxylic acids is 1. The van der Waals surface area contributed by atoms with Crippen LogP contribution in [0.1, 0.15) is 37.4 Å². The zero-order valence-electron chi connectivity index (χ0n) is 11.0. The van der Waals surface area contributed by atoms with Crippen LogP contribution in [0.2, 0.25) is 0 Å². The third-order valence-corrected chi connectivity index (χ3v) is 4.76. The van der Waals surface area contributed by atoms with E-state index in [1.54, 1.807) is 18.7 Å². The normalized spacial score (nSPS) is 23.5. The summed E-state index contributed by atoms with van der Waals surface area (Å²) in [6, 6.07) is 0. The highest BCUT2D eigenvalue weighted by Crippen LogP contribution is 2.39. The lowest BCUT2D eigenvalue weighted by Crippen LogP contribution is -2.40. The molecule has 102 valence electrons. The van der Waals surface area contributed by atoms with Gasteiger partial charge >= 0.3 is 0 Å². The fraction of sp³-hybridized carbons (Fsp3) is 0.615. The van der Waals surface area contributed by atoms with Crippen molar-refractivity contribution in [2.24, 2.45) is 0 Å². The van der Waals surface area contributed by atoms with Crippen LogP contribution in [0.3, 0.4) is 0 Å². The second kappa shape index (κ2) is 5.36. The van der Waals surface area contributed by atoms with Gasteiger partial charge in [0.05, 0.1) is 10.2 Å². The second-order valence-corrected chi connectivity index (χ2v) is 6.18. The number of carbonyl (C=O) groups is 1. The monoisotopic (exact) mass is 279 g/mol. The van der Waals surface area contributed by atoms with E-state index in [0.29, 0.717) is 11.7 Å². The van der Waals surface area contributed by atoms with E-state index in [4.69, 9.17) is 4.52 Å². The Bertz CT molecular complexity index is 506. The molecular formula is C13H17N3O2S. The molecule has 6 heteroatoms. The van der Waals surface area contributed by atoms with Gasteiger partial charge in [0.1, 0.15) is 0 Å². The molecule has 2 aliphatic rings. The number of hydrogen-bond donors (Lipinski definition) is 0. The number of nitrogens with zero attached hydrogens (tertiary/aromatic N) is 3. The summed E-state index contributed by atoms with van der Waals surface area (Å²) in [5, 5.41) is 3.90. The molecule has 19 heavy (non-hydrogen) atoms. The van der Waals surface area contributed by atoms with Crippen LogP contribution in [0.4, 0.5) is 0 Å². The van der Waals surface area contributed by atoms with Crippen LogP contribution in [0.25, 0.3) is 4.91 Å². The van der Waals surface area contributed by atoms with E-state index in [2.05, 4.69) is 10.1 Å². The van der Waals surface area contributed by atoms with Gasteiger partial charge in [0, 0.05) is 20.0 Å². The first-order valence-corrected chi connectivity index (χ1v) is 7.58. The molecule has 3 rings (SSSR count). The number of allylic oxidation sites excluding steroid dienone is 1. The van der Waals surface area contributed by atoms with Gasteiger partial charge in [-0.05, 0) is 25.7 Å². The molecule has 1 atom stereocenters. The van der Waals surface area contributed by atoms with E-state index in [-0.39, 0.29) is 11.2 Å². The maximum atomic E-state index is 12.4. The van der Waals surface area contributed by atoms with Crippen LogP contribution in [0.5, 0.6) is 0 Å². The Balaban J connectivity index is 1.62. The molecule has 0 bridgehead atoms. The zero-order valence-corrected chi connectivity index (χ0v) is 11.8. The van der Waals surface area contributed by atoms with E-state index in [1.807, 2.05) is 11.0 Å². The van der Waals surface area contributed by atoms with Crippen LogP contribution >= 0.6 is 11.8 Å². The predicted octanol–water partition coefficient (Wildman–Crippen LogP) is 2.24. The minimum Gasteiger partial charge on any atom is -0.342 e. The molecule has 1 amide bonds. The average molecular weight is 279 g/mol. The first-order valence-electron chi connectivity index (χ1n) is 6.70. The van der Waals surface area contributed by atoms with Crippen LogP contribution in [-0.2, 0) is 4.79 Å². The van der Waals surface area contributed by atoms with Gasteiger partial charge in [-0.3, -0.25) is 4.79 Å². The molecule has 0 aliphatic carbocycles. The third-order valence-electron chi connectivity index (χ3n) is 3.48. The van der Waals surface area contributed by atoms with E-state index < -0.39 is 0 Å². The Morgan fingerprint density at radius 3 is 2.89 bits per heavy atom. The first-order chi connectivity index (χ1) is 9.24. The molecule has 0 N–H and O–H groups in total. The molecule has 5 nitrogen and oxygen atoms in total. The number of piperidine rings is 1. The Morgan fingerprint density at radius 1 is 1.42 bits per heavy atom. The smallest absolute Gasteiger partial charge is 0.236 e. The van der Waals surface area contributed by atoms with E-state index in [0.717, 1.165) is 37.3 Å². The molecule has 1 aromatic rings. The van der Waals surface area contributed by atoms with Gasteiger partial charge in [0.25, 0.3) is 0 Å². The van der Waals surface area contributed by atoms with Crippen molar-refractivity contribution in [1.29, 1.82) is 0 Å². The summed E-state index contributed by atoms with van der Waals surface area (Å²) >= 11 is 1.56. The molecule has 0 radical (unpaired) electrons. The van der Waals surface area contributed by atoms with Gasteiger partial charge in [0.2, 0.25) is 17.6 Å². The molecule has 0 spiro atoms. The summed E-state index contributed by atoms with van der Waals surface area (Å²) < 4.78 is 4.98. The number of hydrogen-bond acceptors (Lipinski definition) is 5. The van der Waals surface area contributed by atoms with Crippen LogP contribution in [0, 0.1) is 6.92 Å². The lowest BCUT2D eigenvalue weighted by molar-refractivity contribution is -0.131. The summed E-state index contributed by atoms with van der Waals surface area (Å²) in [5.74, 6) is 1.43. The molecule has 2 aliphatic heterocycles. The SMILES string of the molecule is Cc1nc(C2=CCC(C(=O)N3CCCCC3)S2)no1. The van der Waals surface area contributed by atoms with Crippen molar-refractivity contribution in [3.05, 3.63) is 17.8 Å². The highest BCUT2D eigenvalue weighted by Gasteiger charge is 2.31. The Hall–Kier alpha value is -1.30. The minimum absolute atomic E-state index is 0.00749. The predicted molar refractivity (Wildman–Crippen MR) is 73.4 cm³/mol. The molecule has 3 heterocycles. The summed E-state index contributed by atoms with van der Waals surface area (Å²) in [6.45, 7) is 3.59. The van der Waals surface area contributed by atoms with Crippen molar-refractivity contribution in [3.8, 4) is 0 Å². The fourth-order valence-corrected chi connectivity index (χ4v) is 3.61. The topological polar surface area (TPSA) is 59.2 Å². The van der Waals surface area contributed by atoms with Crippen molar-refractivity contribution < 1.29 is 9.32 Å². The average Bonchev–Trinajstić information content (AvgIpc) is 3.07. The van der Waals surface area contributed by atoms with E-state index >= 15 is 0 Å². The first kappa shape index (κ1) is 12.7. The van der Waals surface area contributed by atoms with Crippen molar-refractivity contribution >= 4 is 22.6 Å². The number of likely N-dealkylation sites (tertiary alicyclic amines) is 1. The highest BCUT2D eigenvalue weighted by molar-refractivity contribution is 8.09. The zero-order chi connectivity index (χ0) is 13.2. The molecular weight excluding hydrogens is 262 g/mol.